The summed E-state index contributed by atoms with van der Waals surface area (Å²) in [6, 6.07) is 0. The number of sulfonamides is 1. The maximum atomic E-state index is 12.4. The molecule has 1 unspecified atom stereocenters. The number of nitrogens with zero attached hydrogens (tertiary/aromatic N) is 1. The van der Waals surface area contributed by atoms with E-state index in [1.54, 1.807) is 11.4 Å². The second-order valence-electron chi connectivity index (χ2n) is 4.92. The fraction of sp³-hybridized carbons (Fsp3) is 1.00. The number of rotatable bonds is 4. The van der Waals surface area contributed by atoms with Gasteiger partial charge >= 0.3 is 103 Å². The van der Waals surface area contributed by atoms with Crippen molar-refractivity contribution in [2.45, 2.75) is 53.5 Å². The van der Waals surface area contributed by atoms with E-state index in [-0.39, 0.29) is 4.08 Å². The molecule has 1 atom stereocenters. The van der Waals surface area contributed by atoms with Crippen molar-refractivity contribution in [2.75, 3.05) is 13.6 Å². The normalized spacial score (nSPS) is 26.9. The zero-order valence-electron chi connectivity index (χ0n) is 11.0. The first-order chi connectivity index (χ1) is 7.44. The van der Waals surface area contributed by atoms with Crippen molar-refractivity contribution < 1.29 is 8.42 Å². The first-order valence-corrected chi connectivity index (χ1v) is 13.6. The second kappa shape index (κ2) is 5.40. The molecule has 1 saturated heterocycles. The van der Waals surface area contributed by atoms with Gasteiger partial charge in [0.2, 0.25) is 0 Å². The van der Waals surface area contributed by atoms with Crippen LogP contribution in [0, 0.1) is 0 Å². The van der Waals surface area contributed by atoms with Gasteiger partial charge in [-0.15, -0.1) is 0 Å². The van der Waals surface area contributed by atoms with E-state index in [9.17, 15) is 8.42 Å². The van der Waals surface area contributed by atoms with Gasteiger partial charge in [0.15, 0.2) is 0 Å². The van der Waals surface area contributed by atoms with Crippen LogP contribution in [0.2, 0.25) is 15.8 Å². The monoisotopic (exact) mass is 309 g/mol. The van der Waals surface area contributed by atoms with Crippen molar-refractivity contribution in [3.8, 4) is 0 Å². The standard InChI is InChI=1S/C11H25GeNO2S/c1-5-12(6-2,7-3)11-9-8-10-13(4)16(11,14)15/h11H,5-10H2,1-4H3. The Morgan fingerprint density at radius 2 is 1.69 bits per heavy atom. The Balaban J connectivity index is 3.09. The van der Waals surface area contributed by atoms with Crippen LogP contribution in [0.15, 0.2) is 0 Å². The van der Waals surface area contributed by atoms with Crippen LogP contribution >= 0.6 is 0 Å². The predicted octanol–water partition coefficient (Wildman–Crippen LogP) is 2.46. The van der Waals surface area contributed by atoms with Crippen molar-refractivity contribution in [3.63, 3.8) is 0 Å². The molecule has 16 heavy (non-hydrogen) atoms. The molecular formula is C11H25GeNO2S. The molecule has 1 rings (SSSR count). The molecule has 0 N–H and O–H groups in total. The van der Waals surface area contributed by atoms with Crippen LogP contribution in [0.25, 0.3) is 0 Å². The van der Waals surface area contributed by atoms with E-state index in [0.29, 0.717) is 6.54 Å². The Bertz CT molecular complexity index is 317. The van der Waals surface area contributed by atoms with Crippen LogP contribution in [0.5, 0.6) is 0 Å². The molecule has 1 heterocycles. The molecule has 1 aliphatic heterocycles. The summed E-state index contributed by atoms with van der Waals surface area (Å²) in [6.45, 7) is 7.33. The second-order valence-corrected chi connectivity index (χ2v) is 19.7. The molecule has 0 aromatic carbocycles. The summed E-state index contributed by atoms with van der Waals surface area (Å²) in [5.74, 6) is 0. The Kier molecular flexibility index (Phi) is 4.90. The van der Waals surface area contributed by atoms with Gasteiger partial charge in [-0.25, -0.2) is 0 Å². The zero-order valence-corrected chi connectivity index (χ0v) is 13.9. The van der Waals surface area contributed by atoms with Gasteiger partial charge in [-0.1, -0.05) is 0 Å². The van der Waals surface area contributed by atoms with E-state index < -0.39 is 23.3 Å². The van der Waals surface area contributed by atoms with E-state index in [1.165, 1.54) is 0 Å². The molecular weight excluding hydrogens is 283 g/mol. The van der Waals surface area contributed by atoms with Crippen LogP contribution in [0.3, 0.4) is 0 Å². The zero-order chi connectivity index (χ0) is 12.4. The fourth-order valence-corrected chi connectivity index (χ4v) is 20.4. The minimum absolute atomic E-state index is 0.0197. The molecule has 0 amide bonds. The van der Waals surface area contributed by atoms with E-state index in [1.807, 2.05) is 0 Å². The summed E-state index contributed by atoms with van der Waals surface area (Å²) < 4.78 is 26.4. The van der Waals surface area contributed by atoms with Crippen molar-refractivity contribution >= 4 is 23.3 Å². The Hall–Kier alpha value is 0.453. The molecule has 0 radical (unpaired) electrons. The molecule has 0 saturated carbocycles. The van der Waals surface area contributed by atoms with E-state index >= 15 is 0 Å². The molecule has 5 heteroatoms. The molecule has 1 aliphatic rings. The van der Waals surface area contributed by atoms with Crippen LogP contribution < -0.4 is 0 Å². The van der Waals surface area contributed by atoms with Crippen LogP contribution in [0.1, 0.15) is 33.6 Å². The van der Waals surface area contributed by atoms with Gasteiger partial charge in [-0.3, -0.25) is 0 Å². The van der Waals surface area contributed by atoms with Crippen molar-refractivity contribution in [1.29, 1.82) is 0 Å². The molecule has 1 fully saturated rings. The molecule has 3 nitrogen and oxygen atoms in total. The average molecular weight is 308 g/mol. The van der Waals surface area contributed by atoms with Gasteiger partial charge in [0.25, 0.3) is 0 Å². The van der Waals surface area contributed by atoms with Crippen molar-refractivity contribution in [3.05, 3.63) is 0 Å². The molecule has 0 bridgehead atoms. The Morgan fingerprint density at radius 1 is 1.19 bits per heavy atom. The summed E-state index contributed by atoms with van der Waals surface area (Å²) in [4.78, 5) is 0. The number of hydrogen-bond acceptors (Lipinski definition) is 2. The molecule has 0 aromatic rings. The minimum atomic E-state index is -2.98. The quantitative estimate of drug-likeness (QED) is 0.748. The topological polar surface area (TPSA) is 37.4 Å². The van der Waals surface area contributed by atoms with Crippen molar-refractivity contribution in [2.24, 2.45) is 0 Å². The fourth-order valence-electron chi connectivity index (χ4n) is 3.05. The molecule has 0 spiro atoms. The predicted molar refractivity (Wildman–Crippen MR) is 71.8 cm³/mol. The van der Waals surface area contributed by atoms with Crippen LogP contribution in [-0.4, -0.2) is 43.7 Å². The maximum absolute atomic E-state index is 12.4. The third-order valence-corrected chi connectivity index (χ3v) is 23.3. The summed E-state index contributed by atoms with van der Waals surface area (Å²) in [5, 5.41) is 3.43. The van der Waals surface area contributed by atoms with E-state index in [4.69, 9.17) is 0 Å². The van der Waals surface area contributed by atoms with Crippen molar-refractivity contribution in [1.82, 2.24) is 4.31 Å². The first-order valence-electron chi connectivity index (χ1n) is 6.39. The van der Waals surface area contributed by atoms with Gasteiger partial charge < -0.3 is 0 Å². The van der Waals surface area contributed by atoms with Gasteiger partial charge in [0.05, 0.1) is 0 Å². The summed E-state index contributed by atoms with van der Waals surface area (Å²) in [6.07, 6.45) is 1.97. The molecule has 0 aromatic heterocycles. The van der Waals surface area contributed by atoms with Gasteiger partial charge in [-0.05, 0) is 0 Å². The van der Waals surface area contributed by atoms with Gasteiger partial charge in [0, 0.05) is 0 Å². The third-order valence-electron chi connectivity index (χ3n) is 4.53. The average Bonchev–Trinajstić information content (AvgIpc) is 2.27. The summed E-state index contributed by atoms with van der Waals surface area (Å²) >= 11 is -2.18. The van der Waals surface area contributed by atoms with Gasteiger partial charge in [0.1, 0.15) is 0 Å². The third kappa shape index (κ3) is 2.34. The molecule has 0 aliphatic carbocycles. The van der Waals surface area contributed by atoms with Crippen LogP contribution in [0.4, 0.5) is 0 Å². The Labute approximate surface area is 103 Å². The summed E-state index contributed by atoms with van der Waals surface area (Å²) in [5.41, 5.74) is 0. The number of hydrogen-bond donors (Lipinski definition) is 0. The Morgan fingerprint density at radius 3 is 2.12 bits per heavy atom. The first kappa shape index (κ1) is 14.5. The SMILES string of the molecule is C[CH2][Ge]([CH2]C)([CH2]C)[CH]1CCCN(C)S1(=O)=O. The van der Waals surface area contributed by atoms with E-state index in [2.05, 4.69) is 20.8 Å². The molecule has 96 valence electrons. The summed E-state index contributed by atoms with van der Waals surface area (Å²) in [7, 11) is -1.23. The van der Waals surface area contributed by atoms with Crippen LogP contribution in [-0.2, 0) is 10.0 Å². The van der Waals surface area contributed by atoms with E-state index in [0.717, 1.165) is 28.6 Å². The van der Waals surface area contributed by atoms with Gasteiger partial charge in [-0.2, -0.15) is 0 Å².